The van der Waals surface area contributed by atoms with Gasteiger partial charge in [-0.15, -0.1) is 11.8 Å². The van der Waals surface area contributed by atoms with Crippen molar-refractivity contribution in [1.29, 1.82) is 0 Å². The summed E-state index contributed by atoms with van der Waals surface area (Å²) in [6, 6.07) is 40.3. The minimum Gasteiger partial charge on any atom is -0.444 e. The fourth-order valence-electron chi connectivity index (χ4n) is 6.88. The van der Waals surface area contributed by atoms with Gasteiger partial charge in [0.25, 0.3) is 0 Å². The lowest BCUT2D eigenvalue weighted by molar-refractivity contribution is -0.137. The van der Waals surface area contributed by atoms with Crippen LogP contribution < -0.4 is 5.32 Å². The molecule has 264 valence electrons. The van der Waals surface area contributed by atoms with Gasteiger partial charge in [-0.05, 0) is 43.9 Å². The van der Waals surface area contributed by atoms with E-state index in [1.807, 2.05) is 62.1 Å². The van der Waals surface area contributed by atoms with Gasteiger partial charge in [-0.2, -0.15) is 0 Å². The molecule has 0 saturated heterocycles. The minimum atomic E-state index is -0.861. The number of thioether (sulfide) groups is 1. The maximum atomic E-state index is 15.0. The number of hydrogen-bond donors (Lipinski definition) is 1. The number of hydrogen-bond acceptors (Lipinski definition) is 5. The standard InChI is InChI=1S/C43H48N4O3S/c1-5-6-27-38-39-44-36(32-19-11-7-12-20-32)30-46(39)28-29-47(38)40(48)37(45-41(49)50-42(2,3)4)31-51-43(33-21-13-8-14-22-33,34-23-15-9-16-24-34)35-25-17-10-18-26-35/h7-26,30,37-38H,5-6,27-29,31H2,1-4H3,(H,45,49)/t37-,38-/m0/s1. The van der Waals surface area contributed by atoms with E-state index in [1.165, 1.54) is 0 Å². The van der Waals surface area contributed by atoms with Crippen molar-refractivity contribution >= 4 is 23.8 Å². The molecule has 7 nitrogen and oxygen atoms in total. The SMILES string of the molecule is CCCC[C@H]1c2nc(-c3ccccc3)cn2CCN1C(=O)[C@H](CSC(c1ccccc1)(c1ccccc1)c1ccccc1)NC(=O)OC(C)(C)C. The number of alkyl carbamates (subject to hydrolysis) is 1. The predicted octanol–water partition coefficient (Wildman–Crippen LogP) is 9.24. The van der Waals surface area contributed by atoms with Crippen LogP contribution in [0.2, 0.25) is 0 Å². The molecule has 0 bridgehead atoms. The third-order valence-corrected chi connectivity index (χ3v) is 10.9. The summed E-state index contributed by atoms with van der Waals surface area (Å²) in [5.74, 6) is 1.06. The van der Waals surface area contributed by atoms with Crippen LogP contribution in [0.3, 0.4) is 0 Å². The molecule has 1 aliphatic heterocycles. The van der Waals surface area contributed by atoms with Crippen LogP contribution in [-0.4, -0.2) is 50.4 Å². The Bertz CT molecular complexity index is 1780. The van der Waals surface area contributed by atoms with Crippen LogP contribution in [0.5, 0.6) is 0 Å². The van der Waals surface area contributed by atoms with Gasteiger partial charge in [-0.3, -0.25) is 4.79 Å². The molecule has 0 spiro atoms. The number of nitrogens with zero attached hydrogens (tertiary/aromatic N) is 3. The molecule has 0 aliphatic carbocycles. The summed E-state index contributed by atoms with van der Waals surface area (Å²) >= 11 is 1.66. The van der Waals surface area contributed by atoms with E-state index in [4.69, 9.17) is 9.72 Å². The first-order valence-corrected chi connectivity index (χ1v) is 18.9. The molecular weight excluding hydrogens is 653 g/mol. The van der Waals surface area contributed by atoms with E-state index < -0.39 is 22.5 Å². The van der Waals surface area contributed by atoms with Crippen molar-refractivity contribution in [2.24, 2.45) is 0 Å². The number of unbranched alkanes of at least 4 members (excludes halogenated alkanes) is 1. The van der Waals surface area contributed by atoms with Crippen molar-refractivity contribution in [3.8, 4) is 11.3 Å². The van der Waals surface area contributed by atoms with E-state index >= 15 is 0 Å². The maximum absolute atomic E-state index is 15.0. The zero-order valence-corrected chi connectivity index (χ0v) is 30.8. The number of carbonyl (C=O) groups excluding carboxylic acids is 2. The summed E-state index contributed by atoms with van der Waals surface area (Å²) in [5, 5.41) is 3.03. The molecule has 4 aromatic carbocycles. The van der Waals surface area contributed by atoms with Gasteiger partial charge < -0.3 is 19.5 Å². The highest BCUT2D eigenvalue weighted by atomic mass is 32.2. The molecule has 2 heterocycles. The summed E-state index contributed by atoms with van der Waals surface area (Å²) in [4.78, 5) is 35.5. The van der Waals surface area contributed by atoms with E-state index in [2.05, 4.69) is 108 Å². The lowest BCUT2D eigenvalue weighted by Crippen LogP contribution is -2.54. The van der Waals surface area contributed by atoms with E-state index in [1.54, 1.807) is 11.8 Å². The fourth-order valence-corrected chi connectivity index (χ4v) is 8.43. The normalized spacial score (nSPS) is 15.1. The number of rotatable bonds is 12. The minimum absolute atomic E-state index is 0.131. The molecule has 0 radical (unpaired) electrons. The summed E-state index contributed by atoms with van der Waals surface area (Å²) < 4.78 is 7.28. The number of amides is 2. The van der Waals surface area contributed by atoms with Crippen LogP contribution in [0, 0.1) is 0 Å². The molecule has 2 atom stereocenters. The van der Waals surface area contributed by atoms with Gasteiger partial charge in [0.05, 0.1) is 16.5 Å². The number of aromatic nitrogens is 2. The van der Waals surface area contributed by atoms with E-state index in [9.17, 15) is 9.59 Å². The quantitative estimate of drug-likeness (QED) is 0.131. The Hall–Kier alpha value is -4.82. The third kappa shape index (κ3) is 8.23. The van der Waals surface area contributed by atoms with Crippen molar-refractivity contribution in [2.75, 3.05) is 12.3 Å². The zero-order valence-electron chi connectivity index (χ0n) is 30.0. The Kier molecular flexibility index (Phi) is 11.3. The van der Waals surface area contributed by atoms with Crippen molar-refractivity contribution in [2.45, 2.75) is 75.9 Å². The molecule has 0 fully saturated rings. The molecule has 51 heavy (non-hydrogen) atoms. The molecule has 5 aromatic rings. The van der Waals surface area contributed by atoms with Crippen molar-refractivity contribution in [3.05, 3.63) is 150 Å². The van der Waals surface area contributed by atoms with Crippen molar-refractivity contribution in [1.82, 2.24) is 19.8 Å². The molecule has 2 amide bonds. The van der Waals surface area contributed by atoms with Crippen LogP contribution >= 0.6 is 11.8 Å². The lowest BCUT2D eigenvalue weighted by Gasteiger charge is -2.40. The predicted molar refractivity (Wildman–Crippen MR) is 206 cm³/mol. The number of ether oxygens (including phenoxy) is 1. The molecule has 1 aliphatic rings. The number of benzene rings is 4. The number of fused-ring (bicyclic) bond motifs is 1. The van der Waals surface area contributed by atoms with Crippen molar-refractivity contribution in [3.63, 3.8) is 0 Å². The van der Waals surface area contributed by atoms with Crippen LogP contribution in [-0.2, 0) is 20.8 Å². The highest BCUT2D eigenvalue weighted by molar-refractivity contribution is 8.00. The monoisotopic (exact) mass is 700 g/mol. The van der Waals surface area contributed by atoms with Gasteiger partial charge in [0.1, 0.15) is 17.5 Å². The maximum Gasteiger partial charge on any atom is 0.408 e. The molecule has 0 saturated carbocycles. The highest BCUT2D eigenvalue weighted by Gasteiger charge is 2.41. The van der Waals surface area contributed by atoms with E-state index in [0.29, 0.717) is 18.8 Å². The molecule has 8 heteroatoms. The second-order valence-electron chi connectivity index (χ2n) is 14.0. The number of imidazole rings is 1. The highest BCUT2D eigenvalue weighted by Crippen LogP contribution is 2.49. The summed E-state index contributed by atoms with van der Waals surface area (Å²) in [5.41, 5.74) is 4.49. The smallest absolute Gasteiger partial charge is 0.408 e. The molecule has 1 aromatic heterocycles. The second-order valence-corrected chi connectivity index (χ2v) is 15.3. The second kappa shape index (κ2) is 16.0. The van der Waals surface area contributed by atoms with Crippen LogP contribution in [0.1, 0.15) is 75.5 Å². The number of carbonyl (C=O) groups is 2. The summed E-state index contributed by atoms with van der Waals surface area (Å²) in [6.07, 6.45) is 4.21. The largest absolute Gasteiger partial charge is 0.444 e. The average molecular weight is 701 g/mol. The average Bonchev–Trinajstić information content (AvgIpc) is 3.59. The molecule has 6 rings (SSSR count). The van der Waals surface area contributed by atoms with Gasteiger partial charge in [-0.25, -0.2) is 9.78 Å². The Morgan fingerprint density at radius 3 is 1.86 bits per heavy atom. The van der Waals surface area contributed by atoms with Gasteiger partial charge in [0.15, 0.2) is 0 Å². The Morgan fingerprint density at radius 1 is 0.824 bits per heavy atom. The summed E-state index contributed by atoms with van der Waals surface area (Å²) in [6.45, 7) is 8.80. The molecular formula is C43H48N4O3S. The number of nitrogens with one attached hydrogen (secondary N) is 1. The zero-order chi connectivity index (χ0) is 35.8. The molecule has 1 N–H and O–H groups in total. The van der Waals surface area contributed by atoms with E-state index in [-0.39, 0.29) is 11.9 Å². The Balaban J connectivity index is 1.39. The summed E-state index contributed by atoms with van der Waals surface area (Å²) in [7, 11) is 0. The van der Waals surface area contributed by atoms with Crippen LogP contribution in [0.25, 0.3) is 11.3 Å². The van der Waals surface area contributed by atoms with Crippen LogP contribution in [0.4, 0.5) is 4.79 Å². The Morgan fingerprint density at radius 2 is 1.35 bits per heavy atom. The third-order valence-electron chi connectivity index (χ3n) is 9.24. The fraction of sp³-hybridized carbons (Fsp3) is 0.326. The van der Waals surface area contributed by atoms with Crippen molar-refractivity contribution < 1.29 is 14.3 Å². The molecule has 0 unspecified atom stereocenters. The first-order valence-electron chi connectivity index (χ1n) is 17.9. The van der Waals surface area contributed by atoms with Gasteiger partial charge in [0, 0.05) is 30.6 Å². The van der Waals surface area contributed by atoms with Gasteiger partial charge in [0.2, 0.25) is 5.91 Å². The first-order chi connectivity index (χ1) is 24.7. The van der Waals surface area contributed by atoms with E-state index in [0.717, 1.165) is 53.0 Å². The van der Waals surface area contributed by atoms with Crippen LogP contribution in [0.15, 0.2) is 128 Å². The van der Waals surface area contributed by atoms with Gasteiger partial charge >= 0.3 is 6.09 Å². The first kappa shape index (κ1) is 36.0. The lowest BCUT2D eigenvalue weighted by atomic mass is 9.84. The topological polar surface area (TPSA) is 76.5 Å². The van der Waals surface area contributed by atoms with Gasteiger partial charge in [-0.1, -0.05) is 141 Å². The Labute approximate surface area is 306 Å².